The second-order valence-corrected chi connectivity index (χ2v) is 9.96. The number of rotatable bonds is 4. The maximum Gasteiger partial charge on any atom is 0.202 e. The molecule has 0 aliphatic rings. The minimum atomic E-state index is -1.35. The number of halogens is 7. The molecule has 0 aliphatic heterocycles. The highest BCUT2D eigenvalue weighted by molar-refractivity contribution is 7.81. The van der Waals surface area contributed by atoms with Crippen molar-refractivity contribution in [2.45, 2.75) is 0 Å². The third kappa shape index (κ3) is 9.23. The van der Waals surface area contributed by atoms with Gasteiger partial charge < -0.3 is 31.5 Å². The Labute approximate surface area is 256 Å². The molecule has 0 aliphatic carbocycles. The van der Waals surface area contributed by atoms with Crippen molar-refractivity contribution < 1.29 is 27.8 Å². The number of thiocarbonyl (C=S) groups is 2. The van der Waals surface area contributed by atoms with Gasteiger partial charge in [-0.2, -0.15) is 8.78 Å². The number of hydrogen-bond donors (Lipinski definition) is 6. The third-order valence-electron chi connectivity index (χ3n) is 4.86. The monoisotopic (exact) mass is 662 g/mol. The van der Waals surface area contributed by atoms with Crippen LogP contribution in [0.15, 0.2) is 66.7 Å². The summed E-state index contributed by atoms with van der Waals surface area (Å²) in [6, 6.07) is 15.5. The summed E-state index contributed by atoms with van der Waals surface area (Å²) in [6.45, 7) is 0. The van der Waals surface area contributed by atoms with Gasteiger partial charge in [-0.3, -0.25) is 0 Å². The molecule has 4 aromatic carbocycles. The standard InChI is InChI=1S/C13H8Cl2F2N2OS.C13H9ClF2N2OS/c14-6-3-7(15)5-8(4-6)18-13(21)19-10-2-1-9(16)11(17)12(10)20;14-7-1-3-8(4-2-7)17-13(20)18-10-6-5-9(15)11(16)12(10)19/h1-5,20H,(H2,18,19,21);1-6,19H,(H2,17,18,20). The fraction of sp³-hybridized carbons (Fsp3) is 0. The second-order valence-electron chi connectivity index (χ2n) is 7.84. The van der Waals surface area contributed by atoms with Crippen molar-refractivity contribution in [3.05, 3.63) is 105 Å². The molecule has 6 nitrogen and oxygen atoms in total. The lowest BCUT2D eigenvalue weighted by Crippen LogP contribution is -2.19. The summed E-state index contributed by atoms with van der Waals surface area (Å²) >= 11 is 27.4. The smallest absolute Gasteiger partial charge is 0.202 e. The van der Waals surface area contributed by atoms with Gasteiger partial charge >= 0.3 is 0 Å². The number of aromatic hydroxyl groups is 2. The van der Waals surface area contributed by atoms with E-state index in [1.807, 2.05) is 0 Å². The molecular weight excluding hydrogens is 647 g/mol. The Bertz CT molecular complexity index is 1580. The van der Waals surface area contributed by atoms with Gasteiger partial charge in [-0.1, -0.05) is 34.8 Å². The van der Waals surface area contributed by atoms with Crippen LogP contribution >= 0.6 is 59.2 Å². The van der Waals surface area contributed by atoms with Gasteiger partial charge in [0.25, 0.3) is 0 Å². The Morgan fingerprint density at radius 1 is 0.537 bits per heavy atom. The number of anilines is 4. The zero-order valence-electron chi connectivity index (χ0n) is 20.2. The maximum absolute atomic E-state index is 13.2. The minimum absolute atomic E-state index is 0.0321. The van der Waals surface area contributed by atoms with Crippen LogP contribution in [0.1, 0.15) is 0 Å². The summed E-state index contributed by atoms with van der Waals surface area (Å²) in [5, 5.41) is 31.2. The van der Waals surface area contributed by atoms with Crippen LogP contribution in [0.25, 0.3) is 0 Å². The fourth-order valence-corrected chi connectivity index (χ4v) is 4.12. The van der Waals surface area contributed by atoms with Crippen molar-refractivity contribution in [3.63, 3.8) is 0 Å². The molecule has 15 heteroatoms. The highest BCUT2D eigenvalue weighted by Gasteiger charge is 2.14. The van der Waals surface area contributed by atoms with Crippen molar-refractivity contribution in [2.24, 2.45) is 0 Å². The van der Waals surface area contributed by atoms with E-state index in [4.69, 9.17) is 59.2 Å². The van der Waals surface area contributed by atoms with E-state index in [-0.39, 0.29) is 21.6 Å². The molecule has 0 saturated heterocycles. The van der Waals surface area contributed by atoms with E-state index >= 15 is 0 Å². The normalized spacial score (nSPS) is 10.2. The molecule has 0 radical (unpaired) electrons. The van der Waals surface area contributed by atoms with Crippen molar-refractivity contribution in [1.29, 1.82) is 0 Å². The van der Waals surface area contributed by atoms with Gasteiger partial charge in [-0.05, 0) is 91.2 Å². The summed E-state index contributed by atoms with van der Waals surface area (Å²) in [7, 11) is 0. The predicted molar refractivity (Wildman–Crippen MR) is 164 cm³/mol. The Morgan fingerprint density at radius 2 is 0.951 bits per heavy atom. The molecule has 0 spiro atoms. The molecule has 0 fully saturated rings. The number of phenolic OH excluding ortho intramolecular Hbond substituents is 2. The molecule has 0 aromatic heterocycles. The molecule has 0 heterocycles. The van der Waals surface area contributed by atoms with E-state index in [2.05, 4.69) is 21.3 Å². The van der Waals surface area contributed by atoms with Gasteiger partial charge in [-0.25, -0.2) is 8.78 Å². The van der Waals surface area contributed by atoms with E-state index in [1.165, 1.54) is 6.07 Å². The summed E-state index contributed by atoms with van der Waals surface area (Å²) < 4.78 is 52.1. The molecule has 4 rings (SSSR count). The molecule has 0 bridgehead atoms. The van der Waals surface area contributed by atoms with E-state index in [1.54, 1.807) is 42.5 Å². The predicted octanol–water partition coefficient (Wildman–Crippen LogP) is 8.92. The number of phenols is 2. The van der Waals surface area contributed by atoms with Crippen LogP contribution in [0.5, 0.6) is 11.5 Å². The first kappa shape index (κ1) is 32.0. The molecule has 0 atom stereocenters. The number of benzene rings is 4. The maximum atomic E-state index is 13.2. The van der Waals surface area contributed by atoms with Crippen molar-refractivity contribution in [1.82, 2.24) is 0 Å². The van der Waals surface area contributed by atoms with Crippen LogP contribution < -0.4 is 21.3 Å². The number of nitrogens with one attached hydrogen (secondary N) is 4. The lowest BCUT2D eigenvalue weighted by atomic mass is 10.2. The molecule has 0 amide bonds. The Morgan fingerprint density at radius 3 is 1.39 bits per heavy atom. The molecular formula is C26H17Cl3F4N4O2S2. The highest BCUT2D eigenvalue weighted by Crippen LogP contribution is 2.30. The summed E-state index contributed by atoms with van der Waals surface area (Å²) in [6.07, 6.45) is 0. The van der Waals surface area contributed by atoms with Crippen molar-refractivity contribution in [3.8, 4) is 11.5 Å². The minimum Gasteiger partial charge on any atom is -0.503 e. The fourth-order valence-electron chi connectivity index (χ4n) is 3.01. The first-order valence-electron chi connectivity index (χ1n) is 11.1. The molecule has 214 valence electrons. The lowest BCUT2D eigenvalue weighted by Gasteiger charge is -2.12. The van der Waals surface area contributed by atoms with Crippen LogP contribution in [0.2, 0.25) is 15.1 Å². The zero-order valence-corrected chi connectivity index (χ0v) is 24.1. The highest BCUT2D eigenvalue weighted by atomic mass is 35.5. The van der Waals surface area contributed by atoms with Crippen LogP contribution in [0.4, 0.5) is 40.3 Å². The zero-order chi connectivity index (χ0) is 30.3. The molecule has 4 aromatic rings. The summed E-state index contributed by atoms with van der Waals surface area (Å²) in [5.74, 6) is -6.66. The van der Waals surface area contributed by atoms with Gasteiger partial charge in [-0.15, -0.1) is 0 Å². The van der Waals surface area contributed by atoms with Crippen LogP contribution in [0, 0.1) is 23.3 Å². The molecule has 0 unspecified atom stereocenters. The Hall–Kier alpha value is -3.55. The van der Waals surface area contributed by atoms with Gasteiger partial charge in [0.1, 0.15) is 0 Å². The van der Waals surface area contributed by atoms with E-state index in [0.29, 0.717) is 26.4 Å². The SMILES string of the molecule is Oc1c(NC(=S)Nc2cc(Cl)cc(Cl)c2)ccc(F)c1F.Oc1c(NC(=S)Nc2ccc(Cl)cc2)ccc(F)c1F. The Kier molecular flexibility index (Phi) is 11.2. The Balaban J connectivity index is 0.000000226. The van der Waals surface area contributed by atoms with Crippen LogP contribution in [0.3, 0.4) is 0 Å². The number of hydrogen-bond acceptors (Lipinski definition) is 4. The summed E-state index contributed by atoms with van der Waals surface area (Å²) in [5.41, 5.74) is 1.07. The largest absolute Gasteiger partial charge is 0.503 e. The third-order valence-corrected chi connectivity index (χ3v) is 5.95. The van der Waals surface area contributed by atoms with Crippen molar-refractivity contribution >= 4 is 92.2 Å². The van der Waals surface area contributed by atoms with E-state index < -0.39 is 34.8 Å². The second kappa shape index (κ2) is 14.4. The molecule has 41 heavy (non-hydrogen) atoms. The summed E-state index contributed by atoms with van der Waals surface area (Å²) in [4.78, 5) is 0. The van der Waals surface area contributed by atoms with Gasteiger partial charge in [0, 0.05) is 26.4 Å². The topological polar surface area (TPSA) is 88.6 Å². The lowest BCUT2D eigenvalue weighted by molar-refractivity contribution is 0.409. The average molecular weight is 664 g/mol. The van der Waals surface area contributed by atoms with Gasteiger partial charge in [0.05, 0.1) is 11.4 Å². The molecule has 0 saturated carbocycles. The van der Waals surface area contributed by atoms with E-state index in [0.717, 1.165) is 18.2 Å². The first-order valence-corrected chi connectivity index (χ1v) is 13.0. The van der Waals surface area contributed by atoms with Crippen LogP contribution in [-0.2, 0) is 0 Å². The molecule has 6 N–H and O–H groups in total. The first-order chi connectivity index (χ1) is 19.3. The average Bonchev–Trinajstić information content (AvgIpc) is 2.90. The van der Waals surface area contributed by atoms with E-state index in [9.17, 15) is 27.8 Å². The van der Waals surface area contributed by atoms with Gasteiger partial charge in [0.15, 0.2) is 33.4 Å². The van der Waals surface area contributed by atoms with Crippen molar-refractivity contribution in [2.75, 3.05) is 21.3 Å². The van der Waals surface area contributed by atoms with Gasteiger partial charge in [0.2, 0.25) is 11.6 Å². The quantitative estimate of drug-likeness (QED) is 0.0733. The van der Waals surface area contributed by atoms with Crippen LogP contribution in [-0.4, -0.2) is 20.4 Å².